The number of carbonyl (C=O) groups excluding carboxylic acids is 1. The number of hydrogen-bond acceptors (Lipinski definition) is 2. The minimum absolute atomic E-state index is 0.318. The molecule has 1 aromatic rings. The van der Waals surface area contributed by atoms with Crippen molar-refractivity contribution in [1.82, 2.24) is 5.32 Å². The van der Waals surface area contributed by atoms with Gasteiger partial charge in [-0.1, -0.05) is 12.1 Å². The van der Waals surface area contributed by atoms with Crippen molar-refractivity contribution in [3.63, 3.8) is 0 Å². The van der Waals surface area contributed by atoms with E-state index in [0.29, 0.717) is 24.2 Å². The molecule has 0 saturated heterocycles. The van der Waals surface area contributed by atoms with Crippen molar-refractivity contribution in [3.05, 3.63) is 35.9 Å². The maximum Gasteiger partial charge on any atom is 0.328 e. The summed E-state index contributed by atoms with van der Waals surface area (Å²) in [6, 6.07) is 6.56. The van der Waals surface area contributed by atoms with Crippen molar-refractivity contribution < 1.29 is 14.7 Å². The van der Waals surface area contributed by atoms with Crippen molar-refractivity contribution in [2.24, 2.45) is 0 Å². The molecular weight excluding hydrogens is 256 g/mol. The van der Waals surface area contributed by atoms with Gasteiger partial charge in [0.25, 0.3) is 0 Å². The summed E-state index contributed by atoms with van der Waals surface area (Å²) in [7, 11) is 0. The summed E-state index contributed by atoms with van der Waals surface area (Å²) in [6.45, 7) is 0.509. The van der Waals surface area contributed by atoms with Gasteiger partial charge in [0.2, 0.25) is 0 Å². The Kier molecular flexibility index (Phi) is 6.42. The smallest absolute Gasteiger partial charge is 0.328 e. The van der Waals surface area contributed by atoms with E-state index < -0.39 is 5.97 Å². The summed E-state index contributed by atoms with van der Waals surface area (Å²) in [5.41, 5.74) is 1.28. The summed E-state index contributed by atoms with van der Waals surface area (Å²) >= 11 is 0. The quantitative estimate of drug-likeness (QED) is 0.422. The van der Waals surface area contributed by atoms with Gasteiger partial charge in [-0.3, -0.25) is 0 Å². The van der Waals surface area contributed by atoms with Gasteiger partial charge in [-0.15, -0.1) is 12.3 Å². The fourth-order valence-electron chi connectivity index (χ4n) is 1.46. The summed E-state index contributed by atoms with van der Waals surface area (Å²) in [5.74, 6) is 1.48. The Labute approximate surface area is 117 Å². The van der Waals surface area contributed by atoms with Gasteiger partial charge in [0.05, 0.1) is 0 Å². The molecule has 0 bridgehead atoms. The van der Waals surface area contributed by atoms with E-state index in [-0.39, 0.29) is 6.03 Å². The van der Waals surface area contributed by atoms with E-state index in [0.717, 1.165) is 12.5 Å². The molecule has 0 atom stereocenters. The van der Waals surface area contributed by atoms with Crippen LogP contribution in [0.25, 0.3) is 6.08 Å². The predicted molar refractivity (Wildman–Crippen MR) is 78.2 cm³/mol. The Hall–Kier alpha value is -2.74. The summed E-state index contributed by atoms with van der Waals surface area (Å²) in [4.78, 5) is 22.0. The fraction of sp³-hybridized carbons (Fsp3) is 0.200. The number of nitrogens with one attached hydrogen (secondary N) is 2. The first-order chi connectivity index (χ1) is 9.61. The van der Waals surface area contributed by atoms with Crippen LogP contribution >= 0.6 is 0 Å². The van der Waals surface area contributed by atoms with E-state index in [1.54, 1.807) is 24.3 Å². The lowest BCUT2D eigenvalue weighted by molar-refractivity contribution is -0.131. The number of anilines is 1. The highest BCUT2D eigenvalue weighted by atomic mass is 16.4. The maximum absolute atomic E-state index is 11.6. The largest absolute Gasteiger partial charge is 0.478 e. The molecule has 0 spiro atoms. The van der Waals surface area contributed by atoms with Crippen LogP contribution < -0.4 is 10.6 Å². The van der Waals surface area contributed by atoms with Crippen LogP contribution in [0.5, 0.6) is 0 Å². The normalized spacial score (nSPS) is 9.95. The third kappa shape index (κ3) is 6.26. The van der Waals surface area contributed by atoms with Gasteiger partial charge in [0.1, 0.15) is 0 Å². The lowest BCUT2D eigenvalue weighted by Crippen LogP contribution is -2.29. The van der Waals surface area contributed by atoms with Gasteiger partial charge in [0, 0.05) is 24.7 Å². The minimum atomic E-state index is -1.02. The number of benzene rings is 1. The highest BCUT2D eigenvalue weighted by Crippen LogP contribution is 2.11. The van der Waals surface area contributed by atoms with Crippen LogP contribution in [0.4, 0.5) is 10.5 Å². The monoisotopic (exact) mass is 272 g/mol. The molecule has 104 valence electrons. The lowest BCUT2D eigenvalue weighted by Gasteiger charge is -2.07. The molecular formula is C15H16N2O3. The molecule has 0 fully saturated rings. The molecule has 5 heteroatoms. The molecule has 5 nitrogen and oxygen atoms in total. The first kappa shape index (κ1) is 15.3. The Balaban J connectivity index is 2.51. The van der Waals surface area contributed by atoms with E-state index in [4.69, 9.17) is 11.5 Å². The molecule has 1 aromatic carbocycles. The third-order valence-corrected chi connectivity index (χ3v) is 2.35. The average molecular weight is 272 g/mol. The Morgan fingerprint density at radius 2 is 2.20 bits per heavy atom. The first-order valence-electron chi connectivity index (χ1n) is 6.11. The van der Waals surface area contributed by atoms with Crippen LogP contribution in [0, 0.1) is 12.3 Å². The molecule has 20 heavy (non-hydrogen) atoms. The van der Waals surface area contributed by atoms with Gasteiger partial charge < -0.3 is 15.7 Å². The van der Waals surface area contributed by atoms with Gasteiger partial charge in [0.15, 0.2) is 0 Å². The number of carboxylic acid groups (broad SMARTS) is 1. The molecule has 0 saturated carbocycles. The van der Waals surface area contributed by atoms with Crippen LogP contribution in [-0.2, 0) is 4.79 Å². The molecule has 0 aliphatic carbocycles. The number of hydrogen-bond donors (Lipinski definition) is 3. The van der Waals surface area contributed by atoms with E-state index in [1.807, 2.05) is 0 Å². The second-order valence-corrected chi connectivity index (χ2v) is 3.99. The molecule has 0 aliphatic heterocycles. The number of terminal acetylenes is 1. The van der Waals surface area contributed by atoms with Gasteiger partial charge in [-0.2, -0.15) is 0 Å². The Bertz CT molecular complexity index is 544. The van der Waals surface area contributed by atoms with Crippen LogP contribution in [0.1, 0.15) is 18.4 Å². The number of aliphatic carboxylic acids is 1. The van der Waals surface area contributed by atoms with Crippen molar-refractivity contribution in [1.29, 1.82) is 0 Å². The number of unbranched alkanes of at least 4 members (excludes halogenated alkanes) is 1. The number of amides is 2. The Morgan fingerprint density at radius 1 is 1.40 bits per heavy atom. The summed E-state index contributed by atoms with van der Waals surface area (Å²) in [5, 5.41) is 13.9. The minimum Gasteiger partial charge on any atom is -0.478 e. The molecule has 0 aromatic heterocycles. The van der Waals surface area contributed by atoms with Gasteiger partial charge in [-0.05, 0) is 30.2 Å². The van der Waals surface area contributed by atoms with Crippen LogP contribution in [0.3, 0.4) is 0 Å². The zero-order chi connectivity index (χ0) is 14.8. The van der Waals surface area contributed by atoms with E-state index in [2.05, 4.69) is 16.6 Å². The molecule has 2 amide bonds. The van der Waals surface area contributed by atoms with Crippen molar-refractivity contribution in [3.8, 4) is 12.3 Å². The van der Waals surface area contributed by atoms with E-state index >= 15 is 0 Å². The topological polar surface area (TPSA) is 78.4 Å². The fourth-order valence-corrected chi connectivity index (χ4v) is 1.46. The number of urea groups is 1. The zero-order valence-corrected chi connectivity index (χ0v) is 10.9. The van der Waals surface area contributed by atoms with E-state index in [1.165, 1.54) is 6.08 Å². The second kappa shape index (κ2) is 8.38. The average Bonchev–Trinajstić information content (AvgIpc) is 2.42. The summed E-state index contributed by atoms with van der Waals surface area (Å²) in [6.07, 6.45) is 8.95. The molecule has 0 aliphatic rings. The molecule has 1 rings (SSSR count). The second-order valence-electron chi connectivity index (χ2n) is 3.99. The SMILES string of the molecule is C#CCCCNC(=O)Nc1cccc(/C=C/C(=O)O)c1. The van der Waals surface area contributed by atoms with Crippen molar-refractivity contribution in [2.75, 3.05) is 11.9 Å². The highest BCUT2D eigenvalue weighted by molar-refractivity contribution is 5.90. The first-order valence-corrected chi connectivity index (χ1v) is 6.11. The molecule has 0 radical (unpaired) electrons. The van der Waals surface area contributed by atoms with Crippen LogP contribution in [0.15, 0.2) is 30.3 Å². The predicted octanol–water partition coefficient (Wildman–Crippen LogP) is 2.32. The van der Waals surface area contributed by atoms with E-state index in [9.17, 15) is 9.59 Å². The third-order valence-electron chi connectivity index (χ3n) is 2.35. The van der Waals surface area contributed by atoms with Gasteiger partial charge >= 0.3 is 12.0 Å². The summed E-state index contributed by atoms with van der Waals surface area (Å²) < 4.78 is 0. The standard InChI is InChI=1S/C15H16N2O3/c1-2-3-4-10-16-15(20)17-13-7-5-6-12(11-13)8-9-14(18)19/h1,5-9,11H,3-4,10H2,(H,18,19)(H2,16,17,20)/b9-8+. The Morgan fingerprint density at radius 3 is 2.90 bits per heavy atom. The van der Waals surface area contributed by atoms with Crippen LogP contribution in [-0.4, -0.2) is 23.7 Å². The molecule has 3 N–H and O–H groups in total. The van der Waals surface area contributed by atoms with Crippen LogP contribution in [0.2, 0.25) is 0 Å². The highest BCUT2D eigenvalue weighted by Gasteiger charge is 2.01. The number of carbonyl (C=O) groups is 2. The molecule has 0 heterocycles. The maximum atomic E-state index is 11.6. The zero-order valence-electron chi connectivity index (χ0n) is 10.9. The lowest BCUT2D eigenvalue weighted by atomic mass is 10.2. The van der Waals surface area contributed by atoms with Gasteiger partial charge in [-0.25, -0.2) is 9.59 Å². The van der Waals surface area contributed by atoms with Crippen molar-refractivity contribution in [2.45, 2.75) is 12.8 Å². The van der Waals surface area contributed by atoms with Crippen molar-refractivity contribution >= 4 is 23.8 Å². The molecule has 0 unspecified atom stereocenters. The number of rotatable bonds is 6. The number of carboxylic acids is 1.